The normalized spacial score (nSPS) is 12.7. The molecule has 14 heteroatoms. The van der Waals surface area contributed by atoms with Crippen LogP contribution in [0.15, 0.2) is 97.1 Å². The maximum Gasteiger partial charge on any atom is 0.322 e. The Morgan fingerprint density at radius 3 is 1.17 bits per heavy atom. The van der Waals surface area contributed by atoms with Gasteiger partial charge in [-0.2, -0.15) is 0 Å². The number of benzene rings is 4. The van der Waals surface area contributed by atoms with Crippen molar-refractivity contribution in [3.63, 3.8) is 0 Å². The van der Waals surface area contributed by atoms with E-state index in [-0.39, 0.29) is 13.5 Å². The lowest BCUT2D eigenvalue weighted by Crippen LogP contribution is -2.37. The summed E-state index contributed by atoms with van der Waals surface area (Å²) in [4.78, 5) is 24.7. The maximum atomic E-state index is 12.3. The van der Waals surface area contributed by atoms with E-state index >= 15 is 0 Å². The second-order valence-electron chi connectivity index (χ2n) is 9.48. The highest BCUT2D eigenvalue weighted by Gasteiger charge is 2.17. The summed E-state index contributed by atoms with van der Waals surface area (Å²) in [6.07, 6.45) is -1.74. The maximum absolute atomic E-state index is 12.3. The van der Waals surface area contributed by atoms with Gasteiger partial charge in [-0.05, 0) is 111 Å². The molecule has 0 spiro atoms. The molecule has 0 aliphatic rings. The van der Waals surface area contributed by atoms with Gasteiger partial charge in [0.15, 0.2) is 12.2 Å². The fourth-order valence-corrected chi connectivity index (χ4v) is 4.34. The van der Waals surface area contributed by atoms with E-state index in [1.807, 2.05) is 0 Å². The first-order valence-corrected chi connectivity index (χ1v) is 15.9. The van der Waals surface area contributed by atoms with Gasteiger partial charge < -0.3 is 29.6 Å². The minimum atomic E-state index is -3.02. The third-order valence-electron chi connectivity index (χ3n) is 5.98. The molecule has 0 radical (unpaired) electrons. The number of hydrogen-bond acceptors (Lipinski definition) is 9. The number of carbonyl (C=O) groups is 2. The molecule has 2 atom stereocenters. The Hall–Kier alpha value is -4.25. The van der Waals surface area contributed by atoms with Crippen molar-refractivity contribution in [2.24, 2.45) is 0 Å². The van der Waals surface area contributed by atoms with E-state index < -0.39 is 32.3 Å². The van der Waals surface area contributed by atoms with Crippen molar-refractivity contribution in [1.29, 1.82) is 0 Å². The van der Waals surface area contributed by atoms with Gasteiger partial charge in [0.05, 0.1) is 0 Å². The van der Waals surface area contributed by atoms with Gasteiger partial charge in [0.1, 0.15) is 48.0 Å². The van der Waals surface area contributed by atoms with Gasteiger partial charge in [-0.3, -0.25) is 23.2 Å². The quantitative estimate of drug-likeness (QED) is 0.0914. The molecule has 2 unspecified atom stereocenters. The van der Waals surface area contributed by atoms with Crippen LogP contribution in [0.3, 0.4) is 0 Å². The van der Waals surface area contributed by atoms with E-state index in [0.717, 1.165) is 0 Å². The zero-order valence-electron chi connectivity index (χ0n) is 24.7. The van der Waals surface area contributed by atoms with Crippen molar-refractivity contribution in [2.45, 2.75) is 26.1 Å². The molecule has 4 aromatic rings. The third-order valence-corrected chi connectivity index (χ3v) is 7.25. The molecule has 0 bridgehead atoms. The Morgan fingerprint density at radius 1 is 0.565 bits per heavy atom. The highest BCUT2D eigenvalue weighted by Crippen LogP contribution is 2.27. The average molecular weight is 689 g/mol. The fraction of sp³-hybridized carbons (Fsp3) is 0.188. The van der Waals surface area contributed by atoms with E-state index in [1.54, 1.807) is 111 Å². The van der Waals surface area contributed by atoms with E-state index in [4.69, 9.17) is 51.2 Å². The highest BCUT2D eigenvalue weighted by atomic mass is 35.5. The van der Waals surface area contributed by atoms with Gasteiger partial charge >= 0.3 is 8.25 Å². The molecule has 2 N–H and O–H groups in total. The highest BCUT2D eigenvalue weighted by molar-refractivity contribution is 7.33. The van der Waals surface area contributed by atoms with Gasteiger partial charge in [-0.25, -0.2) is 0 Å². The average Bonchev–Trinajstić information content (AvgIpc) is 3.05. The van der Waals surface area contributed by atoms with Gasteiger partial charge in [0, 0.05) is 10.0 Å². The Balaban J connectivity index is 1.08. The lowest BCUT2D eigenvalue weighted by molar-refractivity contribution is -0.128. The first kappa shape index (κ1) is 34.6. The summed E-state index contributed by atoms with van der Waals surface area (Å²) >= 11 is 11.8. The molecule has 0 fully saturated rings. The summed E-state index contributed by atoms with van der Waals surface area (Å²) in [6, 6.07) is 27.3. The largest absolute Gasteiger partial charge is 0.481 e. The van der Waals surface area contributed by atoms with Crippen LogP contribution in [-0.2, 0) is 23.2 Å². The second kappa shape index (κ2) is 17.4. The topological polar surface area (TPSA) is 131 Å². The van der Waals surface area contributed by atoms with E-state index in [1.165, 1.54) is 0 Å². The predicted molar refractivity (Wildman–Crippen MR) is 173 cm³/mol. The van der Waals surface area contributed by atoms with Crippen molar-refractivity contribution >= 4 is 43.3 Å². The van der Waals surface area contributed by atoms with Crippen LogP contribution >= 0.6 is 31.5 Å². The van der Waals surface area contributed by atoms with Gasteiger partial charge in [0.2, 0.25) is 0 Å². The molecule has 11 nitrogen and oxygen atoms in total. The molecule has 4 rings (SSSR count). The summed E-state index contributed by atoms with van der Waals surface area (Å²) in [5.41, 5.74) is 0. The SMILES string of the molecule is CC(Oc1ccc(Oc2ccc(Cl)cc2)cc1)C(=O)NCO[PH](=O)OCNC(=O)C(C)Oc1ccc(Oc2ccc(Cl)cc2)cc1. The number of carbonyl (C=O) groups excluding carboxylic acids is 2. The molecule has 4 aromatic carbocycles. The van der Waals surface area contributed by atoms with Crippen LogP contribution in [0.2, 0.25) is 10.0 Å². The lowest BCUT2D eigenvalue weighted by Gasteiger charge is -2.16. The number of hydrogen-bond donors (Lipinski definition) is 2. The Kier molecular flexibility index (Phi) is 13.1. The predicted octanol–water partition coefficient (Wildman–Crippen LogP) is 7.38. The van der Waals surface area contributed by atoms with Crippen LogP contribution in [0.4, 0.5) is 0 Å². The molecule has 0 saturated heterocycles. The van der Waals surface area contributed by atoms with Crippen molar-refractivity contribution in [3.05, 3.63) is 107 Å². The Labute approximate surface area is 276 Å². The molecular weight excluding hydrogens is 658 g/mol. The summed E-state index contributed by atoms with van der Waals surface area (Å²) < 4.78 is 44.8. The van der Waals surface area contributed by atoms with Crippen LogP contribution in [0.25, 0.3) is 0 Å². The fourth-order valence-electron chi connectivity index (χ4n) is 3.63. The third kappa shape index (κ3) is 11.6. The number of halogens is 2. The van der Waals surface area contributed by atoms with E-state index in [9.17, 15) is 14.2 Å². The molecule has 0 saturated carbocycles. The zero-order valence-corrected chi connectivity index (χ0v) is 27.2. The number of amides is 2. The summed E-state index contributed by atoms with van der Waals surface area (Å²) in [6.45, 7) is 2.33. The minimum Gasteiger partial charge on any atom is -0.481 e. The summed E-state index contributed by atoms with van der Waals surface area (Å²) in [5.74, 6) is 2.29. The smallest absolute Gasteiger partial charge is 0.322 e. The lowest BCUT2D eigenvalue weighted by atomic mass is 10.3. The molecule has 2 amide bonds. The van der Waals surface area contributed by atoms with Crippen LogP contribution in [0.5, 0.6) is 34.5 Å². The van der Waals surface area contributed by atoms with Crippen molar-refractivity contribution < 1.29 is 42.1 Å². The van der Waals surface area contributed by atoms with E-state index in [0.29, 0.717) is 44.5 Å². The first-order valence-electron chi connectivity index (χ1n) is 13.9. The van der Waals surface area contributed by atoms with Crippen LogP contribution < -0.4 is 29.6 Å². The minimum absolute atomic E-state index is 0.386. The zero-order chi connectivity index (χ0) is 32.9. The molecule has 0 aliphatic carbocycles. The number of ether oxygens (including phenoxy) is 4. The van der Waals surface area contributed by atoms with Crippen molar-refractivity contribution in [3.8, 4) is 34.5 Å². The standard InChI is InChI=1S/C32H31Cl2N2O9P/c1-21(42-25-11-15-29(16-12-25)44-27-7-3-23(33)4-8-27)31(37)35-19-40-46(39)41-20-36-32(38)22(2)43-26-13-17-30(18-14-26)45-28-9-5-24(34)6-10-28/h3-18,21-22,46H,19-20H2,1-2H3,(H,35,37)(H,36,38). The molecule has 0 aromatic heterocycles. The number of nitrogens with one attached hydrogen (secondary N) is 2. The van der Waals surface area contributed by atoms with Crippen LogP contribution in [0.1, 0.15) is 13.8 Å². The summed E-state index contributed by atoms with van der Waals surface area (Å²) in [5, 5.41) is 6.11. The first-order chi connectivity index (χ1) is 22.1. The van der Waals surface area contributed by atoms with Crippen LogP contribution in [0, 0.1) is 0 Å². The molecule has 46 heavy (non-hydrogen) atoms. The molecule has 0 heterocycles. The van der Waals surface area contributed by atoms with Crippen molar-refractivity contribution in [2.75, 3.05) is 13.5 Å². The monoisotopic (exact) mass is 688 g/mol. The van der Waals surface area contributed by atoms with Gasteiger partial charge in [0.25, 0.3) is 11.8 Å². The van der Waals surface area contributed by atoms with E-state index in [2.05, 4.69) is 10.6 Å². The number of rotatable bonds is 16. The molecule has 242 valence electrons. The van der Waals surface area contributed by atoms with Gasteiger partial charge in [-0.15, -0.1) is 0 Å². The van der Waals surface area contributed by atoms with Crippen LogP contribution in [-0.4, -0.2) is 37.5 Å². The Bertz CT molecular complexity index is 1470. The molecule has 0 aliphatic heterocycles. The Morgan fingerprint density at radius 2 is 0.848 bits per heavy atom. The second-order valence-corrected chi connectivity index (χ2v) is 11.4. The van der Waals surface area contributed by atoms with Crippen molar-refractivity contribution in [1.82, 2.24) is 10.6 Å². The summed E-state index contributed by atoms with van der Waals surface area (Å²) in [7, 11) is -3.02. The molecular formula is C32H31Cl2N2O9P. The van der Waals surface area contributed by atoms with Gasteiger partial charge in [-0.1, -0.05) is 23.2 Å².